The average molecular weight is 361 g/mol. The molecule has 0 spiro atoms. The van der Waals surface area contributed by atoms with Gasteiger partial charge in [0, 0.05) is 17.0 Å². The second-order valence-electron chi connectivity index (χ2n) is 6.57. The van der Waals surface area contributed by atoms with Gasteiger partial charge in [-0.1, -0.05) is 12.1 Å². The van der Waals surface area contributed by atoms with Crippen molar-refractivity contribution >= 4 is 16.7 Å². The van der Waals surface area contributed by atoms with Crippen LogP contribution in [0, 0.1) is 13.8 Å². The van der Waals surface area contributed by atoms with Gasteiger partial charge in [0.25, 0.3) is 5.56 Å². The SMILES string of the molecule is Cc1cc(C(=O)Cn2cnc3ccccc3c2=O)c(C)n1Cc1ccco1. The predicted molar refractivity (Wildman–Crippen MR) is 102 cm³/mol. The van der Waals surface area contributed by atoms with Gasteiger partial charge in [-0.15, -0.1) is 0 Å². The maximum atomic E-state index is 12.9. The monoisotopic (exact) mass is 361 g/mol. The van der Waals surface area contributed by atoms with Crippen LogP contribution in [0.5, 0.6) is 0 Å². The van der Waals surface area contributed by atoms with E-state index < -0.39 is 0 Å². The summed E-state index contributed by atoms with van der Waals surface area (Å²) in [5, 5.41) is 0.510. The Morgan fingerprint density at radius 1 is 1.15 bits per heavy atom. The molecule has 0 aliphatic rings. The van der Waals surface area contributed by atoms with Crippen molar-refractivity contribution in [1.82, 2.24) is 14.1 Å². The van der Waals surface area contributed by atoms with Crippen molar-refractivity contribution < 1.29 is 9.21 Å². The summed E-state index contributed by atoms with van der Waals surface area (Å²) in [4.78, 5) is 29.8. The number of ketones is 1. The highest BCUT2D eigenvalue weighted by Gasteiger charge is 2.17. The number of fused-ring (bicyclic) bond motifs is 1. The normalized spacial score (nSPS) is 11.2. The van der Waals surface area contributed by atoms with Crippen LogP contribution in [0.1, 0.15) is 27.5 Å². The van der Waals surface area contributed by atoms with Gasteiger partial charge in [-0.2, -0.15) is 0 Å². The zero-order valence-corrected chi connectivity index (χ0v) is 15.2. The van der Waals surface area contributed by atoms with Crippen molar-refractivity contribution in [3.63, 3.8) is 0 Å². The minimum Gasteiger partial charge on any atom is -0.467 e. The van der Waals surface area contributed by atoms with E-state index in [1.165, 1.54) is 10.9 Å². The fourth-order valence-electron chi connectivity index (χ4n) is 3.34. The highest BCUT2D eigenvalue weighted by Crippen LogP contribution is 2.18. The van der Waals surface area contributed by atoms with Gasteiger partial charge in [0.1, 0.15) is 5.76 Å². The Kier molecular flexibility index (Phi) is 4.24. The van der Waals surface area contributed by atoms with Gasteiger partial charge in [0.2, 0.25) is 0 Å². The van der Waals surface area contributed by atoms with Gasteiger partial charge in [0.05, 0.1) is 36.6 Å². The molecule has 3 aromatic heterocycles. The summed E-state index contributed by atoms with van der Waals surface area (Å²) >= 11 is 0. The molecule has 4 aromatic rings. The molecule has 0 bridgehead atoms. The van der Waals surface area contributed by atoms with E-state index in [-0.39, 0.29) is 17.9 Å². The van der Waals surface area contributed by atoms with Crippen molar-refractivity contribution in [1.29, 1.82) is 0 Å². The molecule has 0 aliphatic heterocycles. The number of furan rings is 1. The molecule has 0 fully saturated rings. The van der Waals surface area contributed by atoms with Crippen LogP contribution in [0.4, 0.5) is 0 Å². The van der Waals surface area contributed by atoms with Gasteiger partial charge in [-0.05, 0) is 44.2 Å². The van der Waals surface area contributed by atoms with Crippen molar-refractivity contribution in [3.05, 3.63) is 88.1 Å². The summed E-state index contributed by atoms with van der Waals surface area (Å²) in [6.45, 7) is 4.39. The number of hydrogen-bond acceptors (Lipinski definition) is 4. The van der Waals surface area contributed by atoms with Crippen LogP contribution in [-0.4, -0.2) is 19.9 Å². The summed E-state index contributed by atoms with van der Waals surface area (Å²) in [5.74, 6) is 0.707. The molecule has 27 heavy (non-hydrogen) atoms. The van der Waals surface area contributed by atoms with E-state index in [4.69, 9.17) is 4.42 Å². The number of rotatable bonds is 5. The van der Waals surface area contributed by atoms with Crippen molar-refractivity contribution in [2.24, 2.45) is 0 Å². The lowest BCUT2D eigenvalue weighted by molar-refractivity contribution is 0.0970. The highest BCUT2D eigenvalue weighted by atomic mass is 16.3. The molecule has 6 heteroatoms. The Bertz CT molecular complexity index is 1180. The van der Waals surface area contributed by atoms with E-state index in [2.05, 4.69) is 4.98 Å². The van der Waals surface area contributed by atoms with Crippen molar-refractivity contribution in [2.75, 3.05) is 0 Å². The standard InChI is InChI=1S/C21H19N3O3/c1-14-10-18(15(2)24(14)11-16-6-5-9-27-16)20(25)12-23-13-22-19-8-4-3-7-17(19)21(23)26/h3-10,13H,11-12H2,1-2H3. The van der Waals surface area contributed by atoms with Crippen molar-refractivity contribution in [3.8, 4) is 0 Å². The second-order valence-corrected chi connectivity index (χ2v) is 6.57. The molecule has 1 aromatic carbocycles. The molecule has 4 rings (SSSR count). The fraction of sp³-hybridized carbons (Fsp3) is 0.190. The maximum Gasteiger partial charge on any atom is 0.261 e. The van der Waals surface area contributed by atoms with E-state index in [0.29, 0.717) is 23.0 Å². The first-order chi connectivity index (χ1) is 13.0. The van der Waals surface area contributed by atoms with Gasteiger partial charge in [0.15, 0.2) is 5.78 Å². The summed E-state index contributed by atoms with van der Waals surface area (Å²) in [6.07, 6.45) is 3.07. The lowest BCUT2D eigenvalue weighted by Crippen LogP contribution is -2.24. The van der Waals surface area contributed by atoms with E-state index in [1.807, 2.05) is 42.7 Å². The third-order valence-electron chi connectivity index (χ3n) is 4.81. The van der Waals surface area contributed by atoms with E-state index in [1.54, 1.807) is 24.5 Å². The number of nitrogens with zero attached hydrogens (tertiary/aromatic N) is 3. The lowest BCUT2D eigenvalue weighted by Gasteiger charge is -2.08. The number of benzene rings is 1. The number of carbonyl (C=O) groups is 1. The smallest absolute Gasteiger partial charge is 0.261 e. The molecule has 0 atom stereocenters. The Balaban J connectivity index is 1.64. The van der Waals surface area contributed by atoms with E-state index in [0.717, 1.165) is 17.1 Å². The number of aromatic nitrogens is 3. The third-order valence-corrected chi connectivity index (χ3v) is 4.81. The van der Waals surface area contributed by atoms with Gasteiger partial charge in [-0.3, -0.25) is 14.2 Å². The third kappa shape index (κ3) is 3.10. The summed E-state index contributed by atoms with van der Waals surface area (Å²) in [5.41, 5.74) is 2.85. The molecule has 0 amide bonds. The Labute approximate surface area is 155 Å². The molecule has 6 nitrogen and oxygen atoms in total. The topological polar surface area (TPSA) is 70.0 Å². The van der Waals surface area contributed by atoms with Crippen LogP contribution in [0.2, 0.25) is 0 Å². The molecule has 0 saturated heterocycles. The zero-order chi connectivity index (χ0) is 19.0. The predicted octanol–water partition coefficient (Wildman–Crippen LogP) is 3.34. The van der Waals surface area contributed by atoms with Crippen LogP contribution < -0.4 is 5.56 Å². The number of para-hydroxylation sites is 1. The summed E-state index contributed by atoms with van der Waals surface area (Å²) in [6, 6.07) is 12.7. The number of hydrogen-bond donors (Lipinski definition) is 0. The first-order valence-electron chi connectivity index (χ1n) is 8.71. The Hall–Kier alpha value is -3.41. The van der Waals surface area contributed by atoms with E-state index >= 15 is 0 Å². The number of carbonyl (C=O) groups excluding carboxylic acids is 1. The average Bonchev–Trinajstić information content (AvgIpc) is 3.28. The van der Waals surface area contributed by atoms with Crippen LogP contribution >= 0.6 is 0 Å². The minimum absolute atomic E-state index is 0.0400. The van der Waals surface area contributed by atoms with Gasteiger partial charge in [-0.25, -0.2) is 4.98 Å². The van der Waals surface area contributed by atoms with Crippen LogP contribution in [-0.2, 0) is 13.1 Å². The van der Waals surface area contributed by atoms with Crippen LogP contribution in [0.15, 0.2) is 64.3 Å². The largest absolute Gasteiger partial charge is 0.467 e. The Morgan fingerprint density at radius 3 is 2.74 bits per heavy atom. The molecule has 136 valence electrons. The number of Topliss-reactive ketones (excluding diaryl/α,β-unsaturated/α-hetero) is 1. The Morgan fingerprint density at radius 2 is 1.96 bits per heavy atom. The molecule has 0 aliphatic carbocycles. The molecular weight excluding hydrogens is 342 g/mol. The molecule has 0 unspecified atom stereocenters. The number of aryl methyl sites for hydroxylation is 1. The van der Waals surface area contributed by atoms with Gasteiger partial charge < -0.3 is 8.98 Å². The molecule has 0 radical (unpaired) electrons. The van der Waals surface area contributed by atoms with Gasteiger partial charge >= 0.3 is 0 Å². The van der Waals surface area contributed by atoms with Crippen LogP contribution in [0.25, 0.3) is 10.9 Å². The molecular formula is C21H19N3O3. The molecule has 0 N–H and O–H groups in total. The second kappa shape index (κ2) is 6.72. The highest BCUT2D eigenvalue weighted by molar-refractivity contribution is 5.97. The first kappa shape index (κ1) is 17.0. The quantitative estimate of drug-likeness (QED) is 0.511. The maximum absolute atomic E-state index is 12.9. The minimum atomic E-state index is -0.210. The van der Waals surface area contributed by atoms with E-state index in [9.17, 15) is 9.59 Å². The lowest BCUT2D eigenvalue weighted by atomic mass is 10.1. The summed E-state index contributed by atoms with van der Waals surface area (Å²) in [7, 11) is 0. The molecule has 0 saturated carbocycles. The van der Waals surface area contributed by atoms with Crippen molar-refractivity contribution in [2.45, 2.75) is 26.9 Å². The molecule has 3 heterocycles. The summed E-state index contributed by atoms with van der Waals surface area (Å²) < 4.78 is 8.81. The fourth-order valence-corrected chi connectivity index (χ4v) is 3.34. The first-order valence-corrected chi connectivity index (χ1v) is 8.71. The zero-order valence-electron chi connectivity index (χ0n) is 15.2. The van der Waals surface area contributed by atoms with Crippen LogP contribution in [0.3, 0.4) is 0 Å².